The molecule has 0 saturated carbocycles. The Labute approximate surface area is 122 Å². The molecule has 0 aliphatic heterocycles. The van der Waals surface area contributed by atoms with Crippen LogP contribution in [0.3, 0.4) is 0 Å². The Bertz CT molecular complexity index is 646. The van der Waals surface area contributed by atoms with E-state index < -0.39 is 0 Å². The standard InChI is InChI=1S/C14H18N4O3/c1-9-3-4-12-11(5-9)13(17-21-12)14(19)16-10-6-15-18(7-10)8-20-2/h6-7,9H,3-5,8H2,1-2H3,(H,16,19). The third kappa shape index (κ3) is 2.82. The van der Waals surface area contributed by atoms with E-state index in [2.05, 4.69) is 22.5 Å². The first-order chi connectivity index (χ1) is 10.2. The number of aryl methyl sites for hydroxylation is 1. The summed E-state index contributed by atoms with van der Waals surface area (Å²) in [5.41, 5.74) is 1.93. The summed E-state index contributed by atoms with van der Waals surface area (Å²) in [6.07, 6.45) is 6.04. The molecule has 1 amide bonds. The van der Waals surface area contributed by atoms with E-state index in [1.54, 1.807) is 24.2 Å². The number of nitrogens with zero attached hydrogens (tertiary/aromatic N) is 3. The molecule has 0 spiro atoms. The van der Waals surface area contributed by atoms with E-state index in [-0.39, 0.29) is 5.91 Å². The molecule has 2 aromatic rings. The minimum Gasteiger partial charge on any atom is -0.362 e. The summed E-state index contributed by atoms with van der Waals surface area (Å²) < 4.78 is 11.8. The second kappa shape index (κ2) is 5.69. The molecule has 7 nitrogen and oxygen atoms in total. The van der Waals surface area contributed by atoms with Crippen molar-refractivity contribution in [1.29, 1.82) is 0 Å². The average molecular weight is 290 g/mol. The number of aromatic nitrogens is 3. The number of amides is 1. The summed E-state index contributed by atoms with van der Waals surface area (Å²) in [6, 6.07) is 0. The van der Waals surface area contributed by atoms with Gasteiger partial charge in [0.25, 0.3) is 5.91 Å². The van der Waals surface area contributed by atoms with E-state index in [1.165, 1.54) is 0 Å². The number of anilines is 1. The number of carbonyl (C=O) groups excluding carboxylic acids is 1. The average Bonchev–Trinajstić information content (AvgIpc) is 3.05. The van der Waals surface area contributed by atoms with Gasteiger partial charge in [0, 0.05) is 19.1 Å². The number of hydrogen-bond acceptors (Lipinski definition) is 5. The summed E-state index contributed by atoms with van der Waals surface area (Å²) in [6.45, 7) is 2.51. The van der Waals surface area contributed by atoms with Gasteiger partial charge in [-0.25, -0.2) is 4.68 Å². The Kier molecular flexibility index (Phi) is 3.74. The predicted octanol–water partition coefficient (Wildman–Crippen LogP) is 1.85. The van der Waals surface area contributed by atoms with Crippen LogP contribution in [0.15, 0.2) is 16.9 Å². The second-order valence-corrected chi connectivity index (χ2v) is 5.42. The van der Waals surface area contributed by atoms with E-state index in [1.807, 2.05) is 0 Å². The highest BCUT2D eigenvalue weighted by Crippen LogP contribution is 2.28. The number of methoxy groups -OCH3 is 1. The van der Waals surface area contributed by atoms with Gasteiger partial charge in [0.05, 0.1) is 18.1 Å². The first kappa shape index (κ1) is 13.8. The smallest absolute Gasteiger partial charge is 0.278 e. The SMILES string of the molecule is COCn1cc(NC(=O)c2noc3c2CC(C)CC3)cn1. The molecule has 0 saturated heterocycles. The summed E-state index contributed by atoms with van der Waals surface area (Å²) in [5.74, 6) is 1.13. The molecule has 0 radical (unpaired) electrons. The molecular formula is C14H18N4O3. The molecule has 0 fully saturated rings. The Balaban J connectivity index is 1.75. The summed E-state index contributed by atoms with van der Waals surface area (Å²) >= 11 is 0. The van der Waals surface area contributed by atoms with Crippen molar-refractivity contribution in [2.24, 2.45) is 5.92 Å². The van der Waals surface area contributed by atoms with Crippen LogP contribution in [0.25, 0.3) is 0 Å². The van der Waals surface area contributed by atoms with Crippen molar-refractivity contribution in [3.8, 4) is 0 Å². The topological polar surface area (TPSA) is 82.2 Å². The van der Waals surface area contributed by atoms with Gasteiger partial charge in [-0.05, 0) is 18.8 Å². The third-order valence-corrected chi connectivity index (χ3v) is 3.65. The molecule has 112 valence electrons. The zero-order chi connectivity index (χ0) is 14.8. The highest BCUT2D eigenvalue weighted by molar-refractivity contribution is 6.03. The Hall–Kier alpha value is -2.15. The van der Waals surface area contributed by atoms with E-state index in [0.717, 1.165) is 30.6 Å². The lowest BCUT2D eigenvalue weighted by Crippen LogP contribution is -2.17. The van der Waals surface area contributed by atoms with Gasteiger partial charge in [-0.3, -0.25) is 4.79 Å². The number of hydrogen-bond donors (Lipinski definition) is 1. The van der Waals surface area contributed by atoms with Crippen molar-refractivity contribution in [2.75, 3.05) is 12.4 Å². The molecule has 1 aliphatic carbocycles. The summed E-state index contributed by atoms with van der Waals surface area (Å²) in [4.78, 5) is 12.3. The Morgan fingerprint density at radius 3 is 3.29 bits per heavy atom. The van der Waals surface area contributed by atoms with Gasteiger partial charge in [-0.1, -0.05) is 12.1 Å². The number of ether oxygens (including phenoxy) is 1. The van der Waals surface area contributed by atoms with Crippen molar-refractivity contribution in [3.63, 3.8) is 0 Å². The zero-order valence-electron chi connectivity index (χ0n) is 12.1. The summed E-state index contributed by atoms with van der Waals surface area (Å²) in [5, 5.41) is 10.8. The van der Waals surface area contributed by atoms with E-state index in [0.29, 0.717) is 24.0 Å². The molecule has 2 aromatic heterocycles. The molecule has 1 aliphatic rings. The van der Waals surface area contributed by atoms with Crippen molar-refractivity contribution < 1.29 is 14.1 Å². The van der Waals surface area contributed by atoms with Gasteiger partial charge >= 0.3 is 0 Å². The van der Waals surface area contributed by atoms with Crippen LogP contribution in [0.1, 0.15) is 35.2 Å². The maximum Gasteiger partial charge on any atom is 0.278 e. The lowest BCUT2D eigenvalue weighted by atomic mass is 9.88. The lowest BCUT2D eigenvalue weighted by Gasteiger charge is -2.16. The molecule has 0 bridgehead atoms. The first-order valence-corrected chi connectivity index (χ1v) is 6.97. The lowest BCUT2D eigenvalue weighted by molar-refractivity contribution is 0.101. The molecule has 1 atom stereocenters. The van der Waals surface area contributed by atoms with Gasteiger partial charge in [0.15, 0.2) is 5.69 Å². The molecule has 0 aromatic carbocycles. The van der Waals surface area contributed by atoms with Crippen LogP contribution in [0.2, 0.25) is 0 Å². The molecular weight excluding hydrogens is 272 g/mol. The van der Waals surface area contributed by atoms with Gasteiger partial charge in [-0.2, -0.15) is 5.10 Å². The van der Waals surface area contributed by atoms with Crippen molar-refractivity contribution >= 4 is 11.6 Å². The van der Waals surface area contributed by atoms with Gasteiger partial charge in [0.2, 0.25) is 0 Å². The molecule has 7 heteroatoms. The summed E-state index contributed by atoms with van der Waals surface area (Å²) in [7, 11) is 1.59. The first-order valence-electron chi connectivity index (χ1n) is 6.97. The monoisotopic (exact) mass is 290 g/mol. The van der Waals surface area contributed by atoms with Crippen LogP contribution in [0.5, 0.6) is 0 Å². The predicted molar refractivity (Wildman–Crippen MR) is 74.9 cm³/mol. The third-order valence-electron chi connectivity index (χ3n) is 3.65. The maximum absolute atomic E-state index is 12.3. The van der Waals surface area contributed by atoms with E-state index >= 15 is 0 Å². The molecule has 3 rings (SSSR count). The van der Waals surface area contributed by atoms with Gasteiger partial charge in [0.1, 0.15) is 12.5 Å². The van der Waals surface area contributed by atoms with Gasteiger partial charge in [-0.15, -0.1) is 0 Å². The van der Waals surface area contributed by atoms with Crippen molar-refractivity contribution in [1.82, 2.24) is 14.9 Å². The van der Waals surface area contributed by atoms with Crippen molar-refractivity contribution in [3.05, 3.63) is 29.4 Å². The van der Waals surface area contributed by atoms with Crippen LogP contribution >= 0.6 is 0 Å². The van der Waals surface area contributed by atoms with E-state index in [4.69, 9.17) is 9.26 Å². The van der Waals surface area contributed by atoms with Crippen LogP contribution in [-0.4, -0.2) is 28.0 Å². The number of carbonyl (C=O) groups is 1. The Morgan fingerprint density at radius 1 is 1.62 bits per heavy atom. The number of rotatable bonds is 4. The van der Waals surface area contributed by atoms with E-state index in [9.17, 15) is 4.79 Å². The number of nitrogens with one attached hydrogen (secondary N) is 1. The minimum atomic E-state index is -0.258. The highest BCUT2D eigenvalue weighted by Gasteiger charge is 2.27. The fourth-order valence-electron chi connectivity index (χ4n) is 2.58. The van der Waals surface area contributed by atoms with Gasteiger partial charge < -0.3 is 14.6 Å². The zero-order valence-corrected chi connectivity index (χ0v) is 12.1. The van der Waals surface area contributed by atoms with Crippen LogP contribution in [0.4, 0.5) is 5.69 Å². The fourth-order valence-corrected chi connectivity index (χ4v) is 2.58. The number of fused-ring (bicyclic) bond motifs is 1. The van der Waals surface area contributed by atoms with Crippen molar-refractivity contribution in [2.45, 2.75) is 32.9 Å². The normalized spacial score (nSPS) is 17.5. The largest absolute Gasteiger partial charge is 0.362 e. The maximum atomic E-state index is 12.3. The fraction of sp³-hybridized carbons (Fsp3) is 0.500. The Morgan fingerprint density at radius 2 is 2.48 bits per heavy atom. The van der Waals surface area contributed by atoms with Crippen LogP contribution in [0, 0.1) is 5.92 Å². The molecule has 21 heavy (non-hydrogen) atoms. The molecule has 1 N–H and O–H groups in total. The minimum absolute atomic E-state index is 0.258. The highest BCUT2D eigenvalue weighted by atomic mass is 16.5. The molecule has 2 heterocycles. The van der Waals surface area contributed by atoms with Crippen LogP contribution in [-0.2, 0) is 24.3 Å². The molecule has 1 unspecified atom stereocenters. The second-order valence-electron chi connectivity index (χ2n) is 5.42. The van der Waals surface area contributed by atoms with Crippen LogP contribution < -0.4 is 5.32 Å². The quantitative estimate of drug-likeness (QED) is 0.929.